The van der Waals surface area contributed by atoms with Crippen molar-refractivity contribution in [1.29, 1.82) is 0 Å². The summed E-state index contributed by atoms with van der Waals surface area (Å²) in [6.07, 6.45) is 1.58. The third-order valence-electron chi connectivity index (χ3n) is 3.67. The van der Waals surface area contributed by atoms with Gasteiger partial charge in [0.15, 0.2) is 0 Å². The first kappa shape index (κ1) is 12.6. The molecule has 2 aromatic heterocycles. The van der Waals surface area contributed by atoms with Crippen LogP contribution in [-0.4, -0.2) is 4.98 Å². The average Bonchev–Trinajstić information content (AvgIpc) is 2.55. The SMILES string of the molecule is Nc1ccc(-c2cccc3oc4ccccc4c(=O)c23)nc1. The van der Waals surface area contributed by atoms with E-state index in [1.165, 1.54) is 0 Å². The number of para-hydroxylation sites is 1. The van der Waals surface area contributed by atoms with Gasteiger partial charge in [-0.3, -0.25) is 9.78 Å². The molecule has 2 heterocycles. The van der Waals surface area contributed by atoms with Gasteiger partial charge in [-0.15, -0.1) is 0 Å². The number of aromatic nitrogens is 1. The lowest BCUT2D eigenvalue weighted by Gasteiger charge is -2.07. The van der Waals surface area contributed by atoms with Crippen LogP contribution in [0.25, 0.3) is 33.2 Å². The zero-order valence-electron chi connectivity index (χ0n) is 11.6. The monoisotopic (exact) mass is 288 g/mol. The van der Waals surface area contributed by atoms with Gasteiger partial charge in [-0.1, -0.05) is 24.3 Å². The minimum Gasteiger partial charge on any atom is -0.456 e. The molecule has 0 atom stereocenters. The number of nitrogens with zero attached hydrogens (tertiary/aromatic N) is 1. The molecule has 0 saturated carbocycles. The van der Waals surface area contributed by atoms with Crippen LogP contribution < -0.4 is 11.2 Å². The van der Waals surface area contributed by atoms with Gasteiger partial charge in [-0.2, -0.15) is 0 Å². The number of nitrogen functional groups attached to an aromatic ring is 1. The predicted octanol–water partition coefficient (Wildman–Crippen LogP) is 3.59. The quantitative estimate of drug-likeness (QED) is 0.543. The van der Waals surface area contributed by atoms with Crippen molar-refractivity contribution in [3.8, 4) is 11.3 Å². The number of fused-ring (bicyclic) bond motifs is 2. The molecule has 4 heteroatoms. The van der Waals surface area contributed by atoms with E-state index >= 15 is 0 Å². The molecule has 0 aliphatic carbocycles. The predicted molar refractivity (Wildman–Crippen MR) is 87.6 cm³/mol. The highest BCUT2D eigenvalue weighted by Gasteiger charge is 2.12. The van der Waals surface area contributed by atoms with E-state index in [1.54, 1.807) is 36.5 Å². The minimum atomic E-state index is -0.0499. The Kier molecular flexibility index (Phi) is 2.69. The minimum absolute atomic E-state index is 0.0499. The van der Waals surface area contributed by atoms with Crippen molar-refractivity contribution in [1.82, 2.24) is 4.98 Å². The van der Waals surface area contributed by atoms with E-state index in [0.29, 0.717) is 33.3 Å². The smallest absolute Gasteiger partial charge is 0.201 e. The van der Waals surface area contributed by atoms with E-state index in [1.807, 2.05) is 24.3 Å². The maximum atomic E-state index is 12.8. The van der Waals surface area contributed by atoms with Crippen molar-refractivity contribution in [3.05, 3.63) is 71.0 Å². The van der Waals surface area contributed by atoms with Gasteiger partial charge in [0, 0.05) is 5.56 Å². The highest BCUT2D eigenvalue weighted by Crippen LogP contribution is 2.27. The van der Waals surface area contributed by atoms with Crippen LogP contribution in [-0.2, 0) is 0 Å². The molecule has 0 radical (unpaired) electrons. The fourth-order valence-electron chi connectivity index (χ4n) is 2.62. The Bertz CT molecular complexity index is 1050. The summed E-state index contributed by atoms with van der Waals surface area (Å²) in [6.45, 7) is 0. The van der Waals surface area contributed by atoms with Crippen LogP contribution in [0, 0.1) is 0 Å². The van der Waals surface area contributed by atoms with Crippen LogP contribution in [0.3, 0.4) is 0 Å². The molecule has 0 aliphatic heterocycles. The molecule has 2 N–H and O–H groups in total. The first-order valence-corrected chi connectivity index (χ1v) is 6.90. The number of pyridine rings is 1. The first-order chi connectivity index (χ1) is 10.7. The van der Waals surface area contributed by atoms with Crippen LogP contribution in [0.15, 0.2) is 70.0 Å². The molecule has 4 aromatic rings. The Morgan fingerprint density at radius 2 is 1.73 bits per heavy atom. The summed E-state index contributed by atoms with van der Waals surface area (Å²) in [5.74, 6) is 0. The van der Waals surface area contributed by atoms with Crippen LogP contribution in [0.2, 0.25) is 0 Å². The first-order valence-electron chi connectivity index (χ1n) is 6.90. The van der Waals surface area contributed by atoms with Gasteiger partial charge in [-0.25, -0.2) is 0 Å². The molecule has 0 unspecified atom stereocenters. The molecule has 22 heavy (non-hydrogen) atoms. The molecule has 106 valence electrons. The summed E-state index contributed by atoms with van der Waals surface area (Å²) in [7, 11) is 0. The summed E-state index contributed by atoms with van der Waals surface area (Å²) in [6, 6.07) is 16.3. The van der Waals surface area contributed by atoms with Crippen LogP contribution in [0.4, 0.5) is 5.69 Å². The molecule has 4 rings (SSSR count). The zero-order chi connectivity index (χ0) is 15.1. The third-order valence-corrected chi connectivity index (χ3v) is 3.67. The second-order valence-electron chi connectivity index (χ2n) is 5.08. The van der Waals surface area contributed by atoms with Gasteiger partial charge in [0.25, 0.3) is 0 Å². The number of rotatable bonds is 1. The normalized spacial score (nSPS) is 11.1. The van der Waals surface area contributed by atoms with E-state index in [0.717, 1.165) is 5.56 Å². The van der Waals surface area contributed by atoms with E-state index in [4.69, 9.17) is 10.2 Å². The molecule has 0 aliphatic rings. The summed E-state index contributed by atoms with van der Waals surface area (Å²) in [4.78, 5) is 17.2. The van der Waals surface area contributed by atoms with E-state index in [9.17, 15) is 4.79 Å². The summed E-state index contributed by atoms with van der Waals surface area (Å²) in [5, 5.41) is 1.11. The standard InChI is InChI=1S/C18H12N2O2/c19-11-8-9-14(20-10-11)12-5-3-7-16-17(12)18(21)13-4-1-2-6-15(13)22-16/h1-10H,19H2. The van der Waals surface area contributed by atoms with Gasteiger partial charge in [-0.05, 0) is 30.3 Å². The van der Waals surface area contributed by atoms with Gasteiger partial charge in [0.05, 0.1) is 28.4 Å². The maximum absolute atomic E-state index is 12.8. The van der Waals surface area contributed by atoms with Gasteiger partial charge in [0.2, 0.25) is 5.43 Å². The molecule has 0 bridgehead atoms. The second-order valence-corrected chi connectivity index (χ2v) is 5.08. The molecule has 0 spiro atoms. The van der Waals surface area contributed by atoms with E-state index in [-0.39, 0.29) is 5.43 Å². The molecular formula is C18H12N2O2. The van der Waals surface area contributed by atoms with Crippen LogP contribution in [0.5, 0.6) is 0 Å². The molecule has 0 amide bonds. The summed E-state index contributed by atoms with van der Waals surface area (Å²) in [5.41, 5.74) is 8.80. The molecular weight excluding hydrogens is 276 g/mol. The van der Waals surface area contributed by atoms with Crippen molar-refractivity contribution in [2.45, 2.75) is 0 Å². The average molecular weight is 288 g/mol. The highest BCUT2D eigenvalue weighted by atomic mass is 16.3. The van der Waals surface area contributed by atoms with Crippen LogP contribution >= 0.6 is 0 Å². The Morgan fingerprint density at radius 3 is 2.55 bits per heavy atom. The molecule has 4 nitrogen and oxygen atoms in total. The van der Waals surface area contributed by atoms with Crippen molar-refractivity contribution in [2.24, 2.45) is 0 Å². The van der Waals surface area contributed by atoms with Gasteiger partial charge in [0.1, 0.15) is 11.2 Å². The van der Waals surface area contributed by atoms with Crippen molar-refractivity contribution >= 4 is 27.6 Å². The topological polar surface area (TPSA) is 69.1 Å². The molecule has 0 fully saturated rings. The van der Waals surface area contributed by atoms with Crippen molar-refractivity contribution in [2.75, 3.05) is 5.73 Å². The Labute approximate surface area is 125 Å². The Balaban J connectivity index is 2.14. The fourth-order valence-corrected chi connectivity index (χ4v) is 2.62. The summed E-state index contributed by atoms with van der Waals surface area (Å²) >= 11 is 0. The largest absolute Gasteiger partial charge is 0.456 e. The molecule has 2 aromatic carbocycles. The van der Waals surface area contributed by atoms with Crippen molar-refractivity contribution in [3.63, 3.8) is 0 Å². The number of benzene rings is 2. The second kappa shape index (κ2) is 4.70. The summed E-state index contributed by atoms with van der Waals surface area (Å²) < 4.78 is 5.86. The van der Waals surface area contributed by atoms with E-state index < -0.39 is 0 Å². The van der Waals surface area contributed by atoms with Crippen molar-refractivity contribution < 1.29 is 4.42 Å². The fraction of sp³-hybridized carbons (Fsp3) is 0. The Hall–Kier alpha value is -3.14. The highest BCUT2D eigenvalue weighted by molar-refractivity contribution is 5.98. The number of hydrogen-bond donors (Lipinski definition) is 1. The lowest BCUT2D eigenvalue weighted by atomic mass is 10.0. The van der Waals surface area contributed by atoms with Gasteiger partial charge >= 0.3 is 0 Å². The van der Waals surface area contributed by atoms with Crippen LogP contribution in [0.1, 0.15) is 0 Å². The lowest BCUT2D eigenvalue weighted by molar-refractivity contribution is 0.660. The lowest BCUT2D eigenvalue weighted by Crippen LogP contribution is -2.04. The number of anilines is 1. The maximum Gasteiger partial charge on any atom is 0.201 e. The van der Waals surface area contributed by atoms with Gasteiger partial charge < -0.3 is 10.2 Å². The third kappa shape index (κ3) is 1.85. The number of nitrogens with two attached hydrogens (primary N) is 1. The zero-order valence-corrected chi connectivity index (χ0v) is 11.6. The Morgan fingerprint density at radius 1 is 0.909 bits per heavy atom. The molecule has 0 saturated heterocycles. The number of hydrogen-bond acceptors (Lipinski definition) is 4. The van der Waals surface area contributed by atoms with E-state index in [2.05, 4.69) is 4.98 Å².